The molecule has 2 heterocycles. The number of nitrogens with zero attached hydrogens (tertiary/aromatic N) is 5. The van der Waals surface area contributed by atoms with Gasteiger partial charge in [0.1, 0.15) is 18.7 Å². The fourth-order valence-corrected chi connectivity index (χ4v) is 3.40. The lowest BCUT2D eigenvalue weighted by Gasteiger charge is -2.10. The average molecular weight is 422 g/mol. The van der Waals surface area contributed by atoms with Gasteiger partial charge in [-0.25, -0.2) is 14.6 Å². The minimum Gasteiger partial charge on any atom is -0.489 e. The van der Waals surface area contributed by atoms with Crippen molar-refractivity contribution in [3.63, 3.8) is 0 Å². The SMILES string of the molecule is Cc1ccc(Cn2nnc3c(Nc4cccc(OCc5ccccc5)c4)ncnc32)cc1. The lowest BCUT2D eigenvalue weighted by molar-refractivity contribution is 0.306. The molecule has 7 nitrogen and oxygen atoms in total. The van der Waals surface area contributed by atoms with E-state index < -0.39 is 0 Å². The zero-order valence-electron chi connectivity index (χ0n) is 17.6. The normalized spacial score (nSPS) is 10.9. The number of nitrogens with one attached hydrogen (secondary N) is 1. The number of anilines is 2. The fraction of sp³-hybridized carbons (Fsp3) is 0.120. The molecule has 0 unspecified atom stereocenters. The van der Waals surface area contributed by atoms with Crippen LogP contribution in [0.2, 0.25) is 0 Å². The third kappa shape index (κ3) is 4.41. The first-order valence-corrected chi connectivity index (χ1v) is 10.4. The van der Waals surface area contributed by atoms with Gasteiger partial charge in [-0.1, -0.05) is 71.4 Å². The lowest BCUT2D eigenvalue weighted by atomic mass is 10.1. The van der Waals surface area contributed by atoms with E-state index in [4.69, 9.17) is 4.74 Å². The van der Waals surface area contributed by atoms with Crippen molar-refractivity contribution in [2.45, 2.75) is 20.1 Å². The van der Waals surface area contributed by atoms with Crippen LogP contribution in [0.1, 0.15) is 16.7 Å². The molecule has 0 spiro atoms. The summed E-state index contributed by atoms with van der Waals surface area (Å²) < 4.78 is 7.72. The van der Waals surface area contributed by atoms with Crippen LogP contribution < -0.4 is 10.1 Å². The van der Waals surface area contributed by atoms with Crippen LogP contribution in [0, 0.1) is 6.92 Å². The molecule has 3 aromatic carbocycles. The smallest absolute Gasteiger partial charge is 0.184 e. The van der Waals surface area contributed by atoms with E-state index >= 15 is 0 Å². The third-order valence-corrected chi connectivity index (χ3v) is 5.10. The number of hydrogen-bond acceptors (Lipinski definition) is 6. The van der Waals surface area contributed by atoms with Gasteiger partial charge in [0.2, 0.25) is 0 Å². The number of aromatic nitrogens is 5. The summed E-state index contributed by atoms with van der Waals surface area (Å²) in [6.45, 7) is 3.17. The number of hydrogen-bond donors (Lipinski definition) is 1. The molecule has 0 bridgehead atoms. The van der Waals surface area contributed by atoms with Crippen LogP contribution >= 0.6 is 0 Å². The van der Waals surface area contributed by atoms with Crippen molar-refractivity contribution in [3.8, 4) is 5.75 Å². The van der Waals surface area contributed by atoms with E-state index in [0.29, 0.717) is 30.1 Å². The quantitative estimate of drug-likeness (QED) is 0.402. The van der Waals surface area contributed by atoms with Crippen molar-refractivity contribution in [1.29, 1.82) is 0 Å². The van der Waals surface area contributed by atoms with Crippen molar-refractivity contribution in [1.82, 2.24) is 25.0 Å². The van der Waals surface area contributed by atoms with E-state index in [-0.39, 0.29) is 0 Å². The van der Waals surface area contributed by atoms with Gasteiger partial charge in [0.05, 0.1) is 6.54 Å². The minimum absolute atomic E-state index is 0.509. The van der Waals surface area contributed by atoms with E-state index in [9.17, 15) is 0 Å². The second kappa shape index (κ2) is 8.85. The van der Waals surface area contributed by atoms with Gasteiger partial charge in [-0.05, 0) is 30.2 Å². The van der Waals surface area contributed by atoms with Crippen LogP contribution in [0.4, 0.5) is 11.5 Å². The van der Waals surface area contributed by atoms with Crippen molar-refractivity contribution in [2.24, 2.45) is 0 Å². The molecule has 0 radical (unpaired) electrons. The molecule has 0 atom stereocenters. The first-order chi connectivity index (χ1) is 15.7. The molecule has 1 N–H and O–H groups in total. The molecule has 32 heavy (non-hydrogen) atoms. The molecule has 0 saturated heterocycles. The van der Waals surface area contributed by atoms with E-state index in [1.807, 2.05) is 54.6 Å². The molecule has 0 amide bonds. The highest BCUT2D eigenvalue weighted by atomic mass is 16.5. The highest BCUT2D eigenvalue weighted by Crippen LogP contribution is 2.24. The molecular formula is C25H22N6O. The van der Waals surface area contributed by atoms with Crippen molar-refractivity contribution < 1.29 is 4.74 Å². The zero-order valence-corrected chi connectivity index (χ0v) is 17.6. The Bertz CT molecular complexity index is 1330. The molecule has 0 fully saturated rings. The molecular weight excluding hydrogens is 400 g/mol. The molecule has 5 rings (SSSR count). The van der Waals surface area contributed by atoms with Gasteiger partial charge in [-0.3, -0.25) is 0 Å². The molecule has 0 aliphatic heterocycles. The number of rotatable bonds is 7. The predicted molar refractivity (Wildman–Crippen MR) is 124 cm³/mol. The maximum Gasteiger partial charge on any atom is 0.184 e. The Balaban J connectivity index is 1.34. The topological polar surface area (TPSA) is 77.8 Å². The van der Waals surface area contributed by atoms with E-state index in [1.54, 1.807) is 4.68 Å². The lowest BCUT2D eigenvalue weighted by Crippen LogP contribution is -2.03. The number of benzene rings is 3. The van der Waals surface area contributed by atoms with Crippen molar-refractivity contribution in [2.75, 3.05) is 5.32 Å². The van der Waals surface area contributed by atoms with Crippen LogP contribution in [-0.2, 0) is 13.2 Å². The fourth-order valence-electron chi connectivity index (χ4n) is 3.40. The van der Waals surface area contributed by atoms with Gasteiger partial charge in [-0.2, -0.15) is 0 Å². The second-order valence-corrected chi connectivity index (χ2v) is 7.55. The van der Waals surface area contributed by atoms with Crippen LogP contribution in [-0.4, -0.2) is 25.0 Å². The van der Waals surface area contributed by atoms with Crippen LogP contribution in [0.3, 0.4) is 0 Å². The maximum atomic E-state index is 5.93. The molecule has 0 aliphatic carbocycles. The van der Waals surface area contributed by atoms with E-state index in [1.165, 1.54) is 11.9 Å². The summed E-state index contributed by atoms with van der Waals surface area (Å²) >= 11 is 0. The summed E-state index contributed by atoms with van der Waals surface area (Å²) in [5.74, 6) is 1.37. The maximum absolute atomic E-state index is 5.93. The summed E-state index contributed by atoms with van der Waals surface area (Å²) in [6.07, 6.45) is 1.52. The van der Waals surface area contributed by atoms with Gasteiger partial charge >= 0.3 is 0 Å². The minimum atomic E-state index is 0.509. The molecule has 5 aromatic rings. The van der Waals surface area contributed by atoms with Crippen LogP contribution in [0.15, 0.2) is 85.2 Å². The average Bonchev–Trinajstić information content (AvgIpc) is 3.24. The Morgan fingerprint density at radius 2 is 1.72 bits per heavy atom. The van der Waals surface area contributed by atoms with Gasteiger partial charge in [0.15, 0.2) is 17.0 Å². The molecule has 0 saturated carbocycles. The van der Waals surface area contributed by atoms with Gasteiger partial charge in [0.25, 0.3) is 0 Å². The second-order valence-electron chi connectivity index (χ2n) is 7.55. The standard InChI is InChI=1S/C25H22N6O/c1-18-10-12-19(13-11-18)15-31-25-23(29-30-31)24(26-17-27-25)28-21-8-5-9-22(14-21)32-16-20-6-3-2-4-7-20/h2-14,17H,15-16H2,1H3,(H,26,27,28). The summed E-state index contributed by atoms with van der Waals surface area (Å²) in [5.41, 5.74) is 5.63. The van der Waals surface area contributed by atoms with E-state index in [0.717, 1.165) is 22.6 Å². The van der Waals surface area contributed by atoms with Crippen LogP contribution in [0.25, 0.3) is 11.2 Å². The number of aryl methyl sites for hydroxylation is 1. The summed E-state index contributed by atoms with van der Waals surface area (Å²) in [4.78, 5) is 8.78. The highest BCUT2D eigenvalue weighted by molar-refractivity contribution is 5.84. The first kappa shape index (κ1) is 19.7. The Morgan fingerprint density at radius 3 is 2.56 bits per heavy atom. The molecule has 7 heteroatoms. The Kier molecular flexibility index (Phi) is 5.45. The molecule has 0 aliphatic rings. The van der Waals surface area contributed by atoms with Gasteiger partial charge in [0, 0.05) is 11.8 Å². The molecule has 158 valence electrons. The van der Waals surface area contributed by atoms with E-state index in [2.05, 4.69) is 56.8 Å². The Morgan fingerprint density at radius 1 is 0.875 bits per heavy atom. The van der Waals surface area contributed by atoms with Crippen molar-refractivity contribution >= 4 is 22.7 Å². The highest BCUT2D eigenvalue weighted by Gasteiger charge is 2.12. The van der Waals surface area contributed by atoms with Gasteiger partial charge < -0.3 is 10.1 Å². The Hall–Kier alpha value is -4.26. The van der Waals surface area contributed by atoms with Crippen LogP contribution in [0.5, 0.6) is 5.75 Å². The number of fused-ring (bicyclic) bond motifs is 1. The van der Waals surface area contributed by atoms with Crippen molar-refractivity contribution in [3.05, 3.63) is 102 Å². The summed E-state index contributed by atoms with van der Waals surface area (Å²) in [6, 6.07) is 26.2. The Labute approximate surface area is 185 Å². The molecule has 2 aromatic heterocycles. The predicted octanol–water partition coefficient (Wildman–Crippen LogP) is 4.90. The number of ether oxygens (including phenoxy) is 1. The summed E-state index contributed by atoms with van der Waals surface area (Å²) in [5, 5.41) is 11.9. The monoisotopic (exact) mass is 422 g/mol. The zero-order chi connectivity index (χ0) is 21.8. The first-order valence-electron chi connectivity index (χ1n) is 10.4. The third-order valence-electron chi connectivity index (χ3n) is 5.10. The van der Waals surface area contributed by atoms with Gasteiger partial charge in [-0.15, -0.1) is 5.10 Å². The largest absolute Gasteiger partial charge is 0.489 e. The summed E-state index contributed by atoms with van der Waals surface area (Å²) in [7, 11) is 0.